The first-order chi connectivity index (χ1) is 17.6. The van der Waals surface area contributed by atoms with Crippen molar-refractivity contribution in [2.45, 2.75) is 51.4 Å². The summed E-state index contributed by atoms with van der Waals surface area (Å²) in [5.41, 5.74) is 8.10. The van der Waals surface area contributed by atoms with E-state index in [1.54, 1.807) is 0 Å². The average Bonchev–Trinajstić information content (AvgIpc) is 2.90. The number of fused-ring (bicyclic) bond motifs is 6. The van der Waals surface area contributed by atoms with E-state index in [0.717, 1.165) is 19.3 Å². The molecule has 2 aromatic heterocycles. The molecule has 2 heterocycles. The van der Waals surface area contributed by atoms with Gasteiger partial charge in [0.05, 0.1) is 0 Å². The van der Waals surface area contributed by atoms with E-state index in [1.807, 2.05) is 0 Å². The van der Waals surface area contributed by atoms with Crippen LogP contribution >= 0.6 is 0 Å². The predicted octanol–water partition coefficient (Wildman–Crippen LogP) is 5.47. The Morgan fingerprint density at radius 2 is 1.72 bits per heavy atom. The van der Waals surface area contributed by atoms with Gasteiger partial charge < -0.3 is 5.73 Å². The van der Waals surface area contributed by atoms with Gasteiger partial charge in [0.25, 0.3) is 5.56 Å². The van der Waals surface area contributed by atoms with Gasteiger partial charge in [-0.15, -0.1) is 0 Å². The zero-order valence-electron chi connectivity index (χ0n) is 20.3. The third kappa shape index (κ3) is 4.56. The van der Waals surface area contributed by atoms with Crippen LogP contribution in [0.15, 0.2) is 65.7 Å². The number of nitrogen functional groups attached to an aromatic ring is 1. The molecule has 7 nitrogen and oxygen atoms in total. The number of nitrogens with zero attached hydrogens (tertiary/aromatic N) is 3. The normalized spacial score (nSPS) is 15.0. The molecule has 3 aromatic carbocycles. The highest BCUT2D eigenvalue weighted by molar-refractivity contribution is 6.09. The Labute approximate surface area is 208 Å². The highest BCUT2D eigenvalue weighted by atomic mass is 16.1. The van der Waals surface area contributed by atoms with Gasteiger partial charge >= 0.3 is 0 Å². The van der Waals surface area contributed by atoms with Crippen LogP contribution in [-0.2, 0) is 11.2 Å². The summed E-state index contributed by atoms with van der Waals surface area (Å²) in [6.07, 6.45) is 9.07. The number of Topliss-reactive ketones (excluding diaryl/α,β-unsaturated/α-hetero) is 1. The van der Waals surface area contributed by atoms with E-state index in [9.17, 15) is 9.59 Å². The van der Waals surface area contributed by atoms with Gasteiger partial charge in [-0.1, -0.05) is 74.7 Å². The van der Waals surface area contributed by atoms with E-state index in [-0.39, 0.29) is 28.6 Å². The number of aromatic nitrogens is 4. The van der Waals surface area contributed by atoms with E-state index in [2.05, 4.69) is 75.4 Å². The first kappa shape index (κ1) is 23.6. The minimum Gasteiger partial charge on any atom is -0.369 e. The largest absolute Gasteiger partial charge is 0.369 e. The SMILES string of the molecule is CCCCCC1C(=O)CCc2c1ccc1c2ccc2ccccc21.Nc1nc2nccnc2c(=O)[nH]1. The van der Waals surface area contributed by atoms with Crippen molar-refractivity contribution in [2.24, 2.45) is 0 Å². The number of anilines is 1. The van der Waals surface area contributed by atoms with Gasteiger partial charge in [0.1, 0.15) is 5.78 Å². The summed E-state index contributed by atoms with van der Waals surface area (Å²) in [5.74, 6) is 0.614. The summed E-state index contributed by atoms with van der Waals surface area (Å²) in [6, 6.07) is 17.5. The molecule has 1 aliphatic carbocycles. The first-order valence-electron chi connectivity index (χ1n) is 12.5. The fourth-order valence-electron chi connectivity index (χ4n) is 5.17. The van der Waals surface area contributed by atoms with Gasteiger partial charge in [0, 0.05) is 24.7 Å². The van der Waals surface area contributed by atoms with E-state index in [1.165, 1.54) is 57.9 Å². The maximum atomic E-state index is 12.5. The number of ketones is 1. The Hall–Kier alpha value is -4.13. The molecule has 7 heteroatoms. The second-order valence-corrected chi connectivity index (χ2v) is 9.21. The van der Waals surface area contributed by atoms with E-state index in [0.29, 0.717) is 12.2 Å². The van der Waals surface area contributed by atoms with Crippen LogP contribution in [0.3, 0.4) is 0 Å². The number of carbonyl (C=O) groups excluding carboxylic acids is 1. The molecule has 0 aliphatic heterocycles. The van der Waals surface area contributed by atoms with Crippen molar-refractivity contribution in [1.82, 2.24) is 19.9 Å². The number of nitrogens with two attached hydrogens (primary N) is 1. The zero-order valence-corrected chi connectivity index (χ0v) is 20.3. The van der Waals surface area contributed by atoms with Crippen LogP contribution in [0, 0.1) is 0 Å². The van der Waals surface area contributed by atoms with Crippen LogP contribution in [0.4, 0.5) is 5.95 Å². The van der Waals surface area contributed by atoms with Crippen molar-refractivity contribution in [3.8, 4) is 0 Å². The quantitative estimate of drug-likeness (QED) is 0.261. The second kappa shape index (κ2) is 10.2. The summed E-state index contributed by atoms with van der Waals surface area (Å²) in [4.78, 5) is 37.4. The fourth-order valence-corrected chi connectivity index (χ4v) is 5.17. The lowest BCUT2D eigenvalue weighted by molar-refractivity contribution is -0.121. The van der Waals surface area contributed by atoms with Crippen molar-refractivity contribution in [2.75, 3.05) is 5.73 Å². The number of aryl methyl sites for hydroxylation is 1. The molecule has 182 valence electrons. The molecular formula is C29H29N5O2. The Kier molecular flexibility index (Phi) is 6.71. The Morgan fingerprint density at radius 1 is 0.917 bits per heavy atom. The van der Waals surface area contributed by atoms with E-state index >= 15 is 0 Å². The summed E-state index contributed by atoms with van der Waals surface area (Å²) in [7, 11) is 0. The molecule has 0 bridgehead atoms. The zero-order chi connectivity index (χ0) is 25.1. The summed E-state index contributed by atoms with van der Waals surface area (Å²) in [6.45, 7) is 2.22. The molecule has 3 N–H and O–H groups in total. The Bertz CT molecular complexity index is 1630. The summed E-state index contributed by atoms with van der Waals surface area (Å²) in [5, 5.41) is 5.28. The molecule has 0 saturated carbocycles. The maximum absolute atomic E-state index is 12.5. The number of hydrogen-bond donors (Lipinski definition) is 2. The molecular weight excluding hydrogens is 450 g/mol. The smallest absolute Gasteiger partial charge is 0.280 e. The summed E-state index contributed by atoms with van der Waals surface area (Å²) >= 11 is 0. The van der Waals surface area contributed by atoms with Gasteiger partial charge in [-0.05, 0) is 45.5 Å². The highest BCUT2D eigenvalue weighted by Crippen LogP contribution is 2.38. The first-order valence-corrected chi connectivity index (χ1v) is 12.5. The van der Waals surface area contributed by atoms with Crippen molar-refractivity contribution in [3.05, 3.63) is 82.4 Å². The molecule has 0 radical (unpaired) electrons. The van der Waals surface area contributed by atoms with Crippen LogP contribution in [0.2, 0.25) is 0 Å². The van der Waals surface area contributed by atoms with Gasteiger partial charge in [-0.25, -0.2) is 9.97 Å². The van der Waals surface area contributed by atoms with Gasteiger partial charge in [-0.3, -0.25) is 14.6 Å². The number of carbonyl (C=O) groups is 1. The molecule has 1 atom stereocenters. The number of nitrogens with one attached hydrogen (secondary N) is 1. The fraction of sp³-hybridized carbons (Fsp3) is 0.276. The molecule has 5 aromatic rings. The lowest BCUT2D eigenvalue weighted by atomic mass is 9.77. The number of aromatic amines is 1. The van der Waals surface area contributed by atoms with Crippen molar-refractivity contribution >= 4 is 44.4 Å². The van der Waals surface area contributed by atoms with Crippen LogP contribution in [0.25, 0.3) is 32.7 Å². The van der Waals surface area contributed by atoms with E-state index < -0.39 is 0 Å². The van der Waals surface area contributed by atoms with Crippen LogP contribution in [-0.4, -0.2) is 25.7 Å². The maximum Gasteiger partial charge on any atom is 0.280 e. The van der Waals surface area contributed by atoms with Crippen molar-refractivity contribution in [3.63, 3.8) is 0 Å². The Morgan fingerprint density at radius 3 is 2.58 bits per heavy atom. The van der Waals surface area contributed by atoms with Crippen molar-refractivity contribution in [1.29, 1.82) is 0 Å². The van der Waals surface area contributed by atoms with E-state index in [4.69, 9.17) is 5.73 Å². The van der Waals surface area contributed by atoms with Gasteiger partial charge in [0.2, 0.25) is 5.95 Å². The summed E-state index contributed by atoms with van der Waals surface area (Å²) < 4.78 is 0. The topological polar surface area (TPSA) is 115 Å². The second-order valence-electron chi connectivity index (χ2n) is 9.21. The average molecular weight is 480 g/mol. The van der Waals surface area contributed by atoms with Gasteiger partial charge in [0.15, 0.2) is 11.2 Å². The number of rotatable bonds is 4. The number of H-pyrrole nitrogens is 1. The lowest BCUT2D eigenvalue weighted by Gasteiger charge is -2.26. The Balaban J connectivity index is 0.000000186. The predicted molar refractivity (Wildman–Crippen MR) is 144 cm³/mol. The molecule has 36 heavy (non-hydrogen) atoms. The number of hydrogen-bond acceptors (Lipinski definition) is 6. The van der Waals surface area contributed by atoms with Crippen LogP contribution in [0.5, 0.6) is 0 Å². The van der Waals surface area contributed by atoms with Gasteiger partial charge in [-0.2, -0.15) is 4.98 Å². The highest BCUT2D eigenvalue weighted by Gasteiger charge is 2.28. The van der Waals surface area contributed by atoms with Crippen molar-refractivity contribution < 1.29 is 4.79 Å². The lowest BCUT2D eigenvalue weighted by Crippen LogP contribution is -2.20. The molecule has 0 amide bonds. The monoisotopic (exact) mass is 479 g/mol. The minimum atomic E-state index is -0.370. The standard InChI is InChI=1S/C23H24O.C6H5N5O/c1-2-3-4-9-22-21-13-12-18-17-8-6-5-7-16(17)10-11-19(18)20(21)14-15-23(22)24;7-6-10-4-3(5(12)11-6)8-1-2-9-4/h5-8,10-13,22H,2-4,9,14-15H2,1H3;1-2H,(H3,7,9,10,11,12). The molecule has 0 fully saturated rings. The third-order valence-electron chi connectivity index (χ3n) is 6.92. The van der Waals surface area contributed by atoms with Crippen LogP contribution in [0.1, 0.15) is 56.1 Å². The number of benzene rings is 3. The molecule has 1 aliphatic rings. The molecule has 0 spiro atoms. The minimum absolute atomic E-state index is 0.0491. The molecule has 6 rings (SSSR count). The molecule has 1 unspecified atom stereocenters. The third-order valence-corrected chi connectivity index (χ3v) is 6.92. The van der Waals surface area contributed by atoms with Crippen LogP contribution < -0.4 is 11.3 Å². The molecule has 0 saturated heterocycles. The number of unbranched alkanes of at least 4 members (excludes halogenated alkanes) is 2.